The van der Waals surface area contributed by atoms with Gasteiger partial charge >= 0.3 is 6.61 Å². The van der Waals surface area contributed by atoms with Gasteiger partial charge in [0.15, 0.2) is 0 Å². The number of rotatable bonds is 6. The molecule has 0 aliphatic heterocycles. The summed E-state index contributed by atoms with van der Waals surface area (Å²) in [5.74, 6) is -1.18. The number of nitrogens with two attached hydrogens (primary N) is 1. The lowest BCUT2D eigenvalue weighted by atomic mass is 10.3. The second kappa shape index (κ2) is 9.32. The lowest BCUT2D eigenvalue weighted by Crippen LogP contribution is -2.36. The average molecular weight is 344 g/mol. The molecule has 0 saturated heterocycles. The normalized spacial score (nSPS) is 9.76. The van der Waals surface area contributed by atoms with Crippen LogP contribution in [0.15, 0.2) is 18.2 Å². The quantitative estimate of drug-likeness (QED) is 0.727. The van der Waals surface area contributed by atoms with Crippen molar-refractivity contribution < 1.29 is 23.1 Å². The number of amides is 2. The second-order valence-corrected chi connectivity index (χ2v) is 3.96. The van der Waals surface area contributed by atoms with Crippen LogP contribution in [0.1, 0.15) is 0 Å². The van der Waals surface area contributed by atoms with Crippen molar-refractivity contribution in [3.8, 4) is 5.75 Å². The molecule has 0 unspecified atom stereocenters. The molecule has 0 aliphatic carbocycles. The molecule has 1 aromatic carbocycles. The first-order valence-corrected chi connectivity index (χ1v) is 5.81. The number of nitrogens with one attached hydrogen (secondary N) is 2. The van der Waals surface area contributed by atoms with Gasteiger partial charge in [-0.2, -0.15) is 8.78 Å². The van der Waals surface area contributed by atoms with E-state index in [1.807, 2.05) is 0 Å². The van der Waals surface area contributed by atoms with Crippen LogP contribution in [0.2, 0.25) is 5.02 Å². The van der Waals surface area contributed by atoms with Gasteiger partial charge in [-0.3, -0.25) is 9.59 Å². The molecule has 118 valence electrons. The van der Waals surface area contributed by atoms with Crippen molar-refractivity contribution in [3.63, 3.8) is 0 Å². The number of hydrogen-bond acceptors (Lipinski definition) is 4. The maximum Gasteiger partial charge on any atom is 0.387 e. The van der Waals surface area contributed by atoms with E-state index in [2.05, 4.69) is 15.4 Å². The zero-order valence-electron chi connectivity index (χ0n) is 10.6. The van der Waals surface area contributed by atoms with Crippen LogP contribution in [0.3, 0.4) is 0 Å². The third-order valence-electron chi connectivity index (χ3n) is 2.06. The highest BCUT2D eigenvalue weighted by atomic mass is 35.5. The second-order valence-electron chi connectivity index (χ2n) is 3.55. The molecule has 0 atom stereocenters. The van der Waals surface area contributed by atoms with Crippen molar-refractivity contribution in [1.82, 2.24) is 5.32 Å². The summed E-state index contributed by atoms with van der Waals surface area (Å²) in [6.07, 6.45) is 0. The molecule has 0 saturated carbocycles. The van der Waals surface area contributed by atoms with Gasteiger partial charge in [0.25, 0.3) is 0 Å². The van der Waals surface area contributed by atoms with Gasteiger partial charge in [-0.25, -0.2) is 0 Å². The van der Waals surface area contributed by atoms with Crippen molar-refractivity contribution in [2.75, 3.05) is 18.4 Å². The lowest BCUT2D eigenvalue weighted by molar-refractivity contribution is -0.123. The molecule has 0 spiro atoms. The minimum Gasteiger partial charge on any atom is -0.433 e. The predicted octanol–water partition coefficient (Wildman–Crippen LogP) is 1.38. The molecule has 0 fully saturated rings. The summed E-state index contributed by atoms with van der Waals surface area (Å²) in [6.45, 7) is -3.47. The smallest absolute Gasteiger partial charge is 0.387 e. The molecule has 0 bridgehead atoms. The van der Waals surface area contributed by atoms with Gasteiger partial charge in [0, 0.05) is 5.69 Å². The van der Waals surface area contributed by atoms with Crippen LogP contribution in [0.4, 0.5) is 14.5 Å². The Hall–Kier alpha value is -1.64. The number of alkyl halides is 2. The standard InChI is InChI=1S/C11H12ClF2N3O3.ClH/c12-7-3-6(1-2-8(7)20-11(13)14)17-10(19)5-16-9(18)4-15;/h1-3,11H,4-5,15H2,(H,16,18)(H,17,19);1H. The van der Waals surface area contributed by atoms with Crippen LogP contribution in [0.25, 0.3) is 0 Å². The highest BCUT2D eigenvalue weighted by Gasteiger charge is 2.10. The van der Waals surface area contributed by atoms with E-state index in [9.17, 15) is 18.4 Å². The number of anilines is 1. The molecule has 2 amide bonds. The summed E-state index contributed by atoms with van der Waals surface area (Å²) in [5.41, 5.74) is 5.33. The van der Waals surface area contributed by atoms with Crippen LogP contribution in [0.5, 0.6) is 5.75 Å². The van der Waals surface area contributed by atoms with Gasteiger partial charge in [0.1, 0.15) is 5.75 Å². The lowest BCUT2D eigenvalue weighted by Gasteiger charge is -2.10. The Morgan fingerprint density at radius 3 is 2.52 bits per heavy atom. The molecule has 10 heteroatoms. The van der Waals surface area contributed by atoms with E-state index >= 15 is 0 Å². The zero-order valence-corrected chi connectivity index (χ0v) is 12.1. The SMILES string of the molecule is Cl.NCC(=O)NCC(=O)Nc1ccc(OC(F)F)c(Cl)c1. The minimum atomic E-state index is -2.99. The van der Waals surface area contributed by atoms with E-state index in [0.29, 0.717) is 0 Å². The summed E-state index contributed by atoms with van der Waals surface area (Å²) < 4.78 is 28.2. The minimum absolute atomic E-state index is 0. The maximum absolute atomic E-state index is 12.0. The molecule has 6 nitrogen and oxygen atoms in total. The highest BCUT2D eigenvalue weighted by Crippen LogP contribution is 2.28. The van der Waals surface area contributed by atoms with E-state index in [0.717, 1.165) is 0 Å². The van der Waals surface area contributed by atoms with Gasteiger partial charge in [0.05, 0.1) is 18.1 Å². The molecule has 0 aromatic heterocycles. The van der Waals surface area contributed by atoms with Crippen molar-refractivity contribution >= 4 is 41.5 Å². The Bertz CT molecular complexity index is 504. The highest BCUT2D eigenvalue weighted by molar-refractivity contribution is 6.32. The summed E-state index contributed by atoms with van der Waals surface area (Å²) in [7, 11) is 0. The summed E-state index contributed by atoms with van der Waals surface area (Å²) in [4.78, 5) is 22.3. The number of ether oxygens (including phenoxy) is 1. The number of benzene rings is 1. The summed E-state index contributed by atoms with van der Waals surface area (Å²) >= 11 is 5.71. The average Bonchev–Trinajstić information content (AvgIpc) is 2.38. The Morgan fingerprint density at radius 2 is 2.00 bits per heavy atom. The van der Waals surface area contributed by atoms with Crippen molar-refractivity contribution in [1.29, 1.82) is 0 Å². The largest absolute Gasteiger partial charge is 0.433 e. The molecule has 21 heavy (non-hydrogen) atoms. The van der Waals surface area contributed by atoms with Gasteiger partial charge < -0.3 is 21.1 Å². The van der Waals surface area contributed by atoms with Crippen LogP contribution in [0, 0.1) is 0 Å². The van der Waals surface area contributed by atoms with Crippen LogP contribution in [-0.2, 0) is 9.59 Å². The number of carbonyl (C=O) groups excluding carboxylic acids is 2. The Labute approximate surface area is 130 Å². The molecule has 1 rings (SSSR count). The van der Waals surface area contributed by atoms with Crippen molar-refractivity contribution in [2.24, 2.45) is 5.73 Å². The molecule has 1 aromatic rings. The van der Waals surface area contributed by atoms with Crippen molar-refractivity contribution in [3.05, 3.63) is 23.2 Å². The third kappa shape index (κ3) is 7.07. The topological polar surface area (TPSA) is 93.5 Å². The van der Waals surface area contributed by atoms with E-state index in [1.165, 1.54) is 18.2 Å². The van der Waals surface area contributed by atoms with E-state index < -0.39 is 18.4 Å². The molecule has 0 radical (unpaired) electrons. The van der Waals surface area contributed by atoms with Gasteiger partial charge in [-0.05, 0) is 18.2 Å². The fourth-order valence-corrected chi connectivity index (χ4v) is 1.45. The van der Waals surface area contributed by atoms with Crippen molar-refractivity contribution in [2.45, 2.75) is 6.61 Å². The molecular formula is C11H13Cl2F2N3O3. The Kier molecular flexibility index (Phi) is 8.60. The number of hydrogen-bond donors (Lipinski definition) is 3. The monoisotopic (exact) mass is 343 g/mol. The third-order valence-corrected chi connectivity index (χ3v) is 2.36. The van der Waals surface area contributed by atoms with Gasteiger partial charge in [0.2, 0.25) is 11.8 Å². The van der Waals surface area contributed by atoms with Crippen LogP contribution in [-0.4, -0.2) is 31.5 Å². The molecule has 4 N–H and O–H groups in total. The fourth-order valence-electron chi connectivity index (χ4n) is 1.23. The molecule has 0 aliphatic rings. The zero-order chi connectivity index (χ0) is 15.1. The van der Waals surface area contributed by atoms with Crippen LogP contribution >= 0.6 is 24.0 Å². The first-order chi connectivity index (χ1) is 9.42. The molecule has 0 heterocycles. The van der Waals surface area contributed by atoms with Gasteiger partial charge in [-0.1, -0.05) is 11.6 Å². The van der Waals surface area contributed by atoms with E-state index in [1.54, 1.807) is 0 Å². The molecular weight excluding hydrogens is 331 g/mol. The van der Waals surface area contributed by atoms with Gasteiger partial charge in [-0.15, -0.1) is 12.4 Å². The predicted molar refractivity (Wildman–Crippen MR) is 76.0 cm³/mol. The van der Waals surface area contributed by atoms with E-state index in [4.69, 9.17) is 17.3 Å². The first kappa shape index (κ1) is 19.4. The maximum atomic E-state index is 12.0. The number of carbonyl (C=O) groups is 2. The summed E-state index contributed by atoms with van der Waals surface area (Å²) in [6, 6.07) is 3.79. The summed E-state index contributed by atoms with van der Waals surface area (Å²) in [5, 5.41) is 4.62. The fraction of sp³-hybridized carbons (Fsp3) is 0.273. The van der Waals surface area contributed by atoms with Crippen LogP contribution < -0.4 is 21.1 Å². The number of halogens is 4. The Balaban J connectivity index is 0.00000400. The first-order valence-electron chi connectivity index (χ1n) is 5.43. The van der Waals surface area contributed by atoms with E-state index in [-0.39, 0.29) is 42.0 Å². The Morgan fingerprint density at radius 1 is 1.33 bits per heavy atom.